The Hall–Kier alpha value is -2.23. The summed E-state index contributed by atoms with van der Waals surface area (Å²) in [6.45, 7) is 0.977. The Morgan fingerprint density at radius 1 is 1.42 bits per heavy atom. The van der Waals surface area contributed by atoms with E-state index in [2.05, 4.69) is 20.8 Å². The highest BCUT2D eigenvalue weighted by atomic mass is 35.5. The van der Waals surface area contributed by atoms with Crippen LogP contribution in [0.1, 0.15) is 12.8 Å². The zero-order valence-corrected chi connectivity index (χ0v) is 14.0. The molecule has 2 heterocycles. The van der Waals surface area contributed by atoms with Crippen LogP contribution in [-0.4, -0.2) is 52.0 Å². The van der Waals surface area contributed by atoms with Crippen LogP contribution in [0.3, 0.4) is 0 Å². The zero-order chi connectivity index (χ0) is 16.3. The fourth-order valence-electron chi connectivity index (χ4n) is 2.44. The lowest BCUT2D eigenvalue weighted by molar-refractivity contribution is -0.124. The molecule has 24 heavy (non-hydrogen) atoms. The van der Waals surface area contributed by atoms with Gasteiger partial charge in [0.25, 0.3) is 0 Å². The van der Waals surface area contributed by atoms with Crippen molar-refractivity contribution < 1.29 is 14.3 Å². The largest absolute Gasteiger partial charge is 0.494 e. The minimum Gasteiger partial charge on any atom is -0.494 e. The molecule has 3 N–H and O–H groups in total. The van der Waals surface area contributed by atoms with E-state index in [-0.39, 0.29) is 18.3 Å². The van der Waals surface area contributed by atoms with Crippen LogP contribution in [0.25, 0.3) is 5.69 Å². The number of amides is 1. The van der Waals surface area contributed by atoms with Gasteiger partial charge >= 0.3 is 0 Å². The Bertz CT molecular complexity index is 688. The molecule has 1 aliphatic rings. The summed E-state index contributed by atoms with van der Waals surface area (Å²) in [7, 11) is 1.55. The molecule has 1 aliphatic heterocycles. The smallest absolute Gasteiger partial charge is 0.244 e. The van der Waals surface area contributed by atoms with E-state index in [1.807, 2.05) is 0 Å². The summed E-state index contributed by atoms with van der Waals surface area (Å²) < 4.78 is 12.0. The van der Waals surface area contributed by atoms with E-state index in [1.165, 1.54) is 11.0 Å². The number of nitrogens with two attached hydrogens (primary N) is 1. The second-order valence-corrected chi connectivity index (χ2v) is 5.36. The maximum atomic E-state index is 12.5. The van der Waals surface area contributed by atoms with E-state index in [1.54, 1.807) is 25.3 Å². The molecule has 1 fully saturated rings. The molecular weight excluding hydrogens is 336 g/mol. The molecule has 0 radical (unpaired) electrons. The van der Waals surface area contributed by atoms with Crippen molar-refractivity contribution in [1.82, 2.24) is 20.2 Å². The third-order valence-electron chi connectivity index (χ3n) is 3.87. The van der Waals surface area contributed by atoms with Crippen molar-refractivity contribution in [3.05, 3.63) is 24.5 Å². The average molecular weight is 355 g/mol. The van der Waals surface area contributed by atoms with E-state index in [9.17, 15) is 4.79 Å². The Labute approximate surface area is 144 Å². The Kier molecular flexibility index (Phi) is 5.71. The van der Waals surface area contributed by atoms with Crippen molar-refractivity contribution in [2.75, 3.05) is 25.6 Å². The number of ether oxygens (including phenoxy) is 2. The number of nitrogens with zero attached hydrogens (tertiary/aromatic N) is 4. The maximum Gasteiger partial charge on any atom is 0.244 e. The van der Waals surface area contributed by atoms with Gasteiger partial charge in [0.15, 0.2) is 0 Å². The van der Waals surface area contributed by atoms with Crippen LogP contribution in [0.15, 0.2) is 24.5 Å². The van der Waals surface area contributed by atoms with Crippen LogP contribution >= 0.6 is 12.4 Å². The molecule has 0 spiro atoms. The number of hydrogen-bond donors (Lipinski definition) is 2. The predicted octanol–water partition coefficient (Wildman–Crippen LogP) is 0.539. The molecule has 1 aromatic heterocycles. The molecule has 0 bridgehead atoms. The first-order valence-corrected chi connectivity index (χ1v) is 7.22. The fraction of sp³-hybridized carbons (Fsp3) is 0.429. The topological polar surface area (TPSA) is 117 Å². The lowest BCUT2D eigenvalue weighted by Crippen LogP contribution is -2.54. The number of anilines is 1. The maximum absolute atomic E-state index is 12.5. The van der Waals surface area contributed by atoms with Gasteiger partial charge in [-0.05, 0) is 41.5 Å². The summed E-state index contributed by atoms with van der Waals surface area (Å²) in [5.74, 6) is 0.359. The summed E-state index contributed by atoms with van der Waals surface area (Å²) in [6, 6.07) is 5.21. The van der Waals surface area contributed by atoms with E-state index in [0.29, 0.717) is 43.2 Å². The Morgan fingerprint density at radius 2 is 2.17 bits per heavy atom. The van der Waals surface area contributed by atoms with Crippen molar-refractivity contribution in [1.29, 1.82) is 0 Å². The van der Waals surface area contributed by atoms with Gasteiger partial charge in [0.2, 0.25) is 5.91 Å². The molecule has 1 amide bonds. The lowest BCUT2D eigenvalue weighted by Gasteiger charge is -2.31. The van der Waals surface area contributed by atoms with Gasteiger partial charge in [-0.25, -0.2) is 0 Å². The number of tetrazole rings is 1. The van der Waals surface area contributed by atoms with Crippen molar-refractivity contribution in [2.24, 2.45) is 5.73 Å². The van der Waals surface area contributed by atoms with E-state index in [4.69, 9.17) is 15.2 Å². The number of halogens is 1. The fourth-order valence-corrected chi connectivity index (χ4v) is 2.44. The van der Waals surface area contributed by atoms with Gasteiger partial charge in [-0.3, -0.25) is 4.79 Å². The average Bonchev–Trinajstić information content (AvgIpc) is 3.10. The summed E-state index contributed by atoms with van der Waals surface area (Å²) in [4.78, 5) is 12.5. The number of methoxy groups -OCH3 is 1. The van der Waals surface area contributed by atoms with Crippen LogP contribution in [0.2, 0.25) is 0 Å². The van der Waals surface area contributed by atoms with Gasteiger partial charge in [0.05, 0.1) is 7.11 Å². The quantitative estimate of drug-likeness (QED) is 0.822. The minimum absolute atomic E-state index is 0. The normalized spacial score (nSPS) is 16.1. The second kappa shape index (κ2) is 7.56. The summed E-state index contributed by atoms with van der Waals surface area (Å²) in [5, 5.41) is 13.9. The monoisotopic (exact) mass is 354 g/mol. The van der Waals surface area contributed by atoms with Gasteiger partial charge in [-0.2, -0.15) is 4.68 Å². The number of hydrogen-bond acceptors (Lipinski definition) is 7. The first-order valence-electron chi connectivity index (χ1n) is 7.22. The molecule has 0 saturated carbocycles. The van der Waals surface area contributed by atoms with Crippen molar-refractivity contribution in [3.8, 4) is 11.4 Å². The molecule has 130 valence electrons. The third kappa shape index (κ3) is 3.64. The first-order chi connectivity index (χ1) is 11.1. The van der Waals surface area contributed by atoms with Crippen molar-refractivity contribution in [2.45, 2.75) is 18.4 Å². The highest BCUT2D eigenvalue weighted by Gasteiger charge is 2.36. The van der Waals surface area contributed by atoms with Gasteiger partial charge in [0, 0.05) is 18.9 Å². The standard InChI is InChI=1S/C14H18N6O3.ClH/c1-22-12-3-2-10(8-11(12)20-9-16-18-19-20)17-13(21)14(15)4-6-23-7-5-14;/h2-3,8-9H,4-7,15H2,1H3,(H,17,21);1H. The summed E-state index contributed by atoms with van der Waals surface area (Å²) in [6.07, 6.45) is 2.44. The molecule has 0 unspecified atom stereocenters. The van der Waals surface area contributed by atoms with Crippen LogP contribution in [0, 0.1) is 0 Å². The van der Waals surface area contributed by atoms with Crippen LogP contribution in [0.5, 0.6) is 5.75 Å². The molecule has 2 aromatic rings. The predicted molar refractivity (Wildman–Crippen MR) is 88.6 cm³/mol. The van der Waals surface area contributed by atoms with Crippen molar-refractivity contribution >= 4 is 24.0 Å². The van der Waals surface area contributed by atoms with Crippen LogP contribution in [-0.2, 0) is 9.53 Å². The molecule has 9 nitrogen and oxygen atoms in total. The summed E-state index contributed by atoms with van der Waals surface area (Å²) in [5.41, 5.74) is 6.49. The molecule has 1 saturated heterocycles. The number of nitrogens with one attached hydrogen (secondary N) is 1. The van der Waals surface area contributed by atoms with Gasteiger partial charge in [-0.1, -0.05) is 0 Å². The lowest BCUT2D eigenvalue weighted by atomic mass is 9.90. The third-order valence-corrected chi connectivity index (χ3v) is 3.87. The SMILES string of the molecule is COc1ccc(NC(=O)C2(N)CCOCC2)cc1-n1cnnn1.Cl. The molecule has 10 heteroatoms. The van der Waals surface area contributed by atoms with Gasteiger partial charge < -0.3 is 20.5 Å². The minimum atomic E-state index is -0.910. The molecular formula is C14H19ClN6O3. The number of carbonyl (C=O) groups is 1. The first kappa shape index (κ1) is 18.1. The zero-order valence-electron chi connectivity index (χ0n) is 13.1. The number of carbonyl (C=O) groups excluding carboxylic acids is 1. The number of rotatable bonds is 4. The van der Waals surface area contributed by atoms with E-state index in [0.717, 1.165) is 0 Å². The molecule has 0 atom stereocenters. The Balaban J connectivity index is 0.00000208. The number of aromatic nitrogens is 4. The van der Waals surface area contributed by atoms with E-state index < -0.39 is 5.54 Å². The van der Waals surface area contributed by atoms with Gasteiger partial charge in [-0.15, -0.1) is 17.5 Å². The van der Waals surface area contributed by atoms with Crippen LogP contribution in [0.4, 0.5) is 5.69 Å². The van der Waals surface area contributed by atoms with Crippen molar-refractivity contribution in [3.63, 3.8) is 0 Å². The molecule has 0 aliphatic carbocycles. The molecule has 3 rings (SSSR count). The molecule has 1 aromatic carbocycles. The van der Waals surface area contributed by atoms with Crippen LogP contribution < -0.4 is 15.8 Å². The highest BCUT2D eigenvalue weighted by molar-refractivity contribution is 5.98. The number of benzene rings is 1. The summed E-state index contributed by atoms with van der Waals surface area (Å²) >= 11 is 0. The van der Waals surface area contributed by atoms with E-state index >= 15 is 0 Å². The second-order valence-electron chi connectivity index (χ2n) is 5.36. The highest BCUT2D eigenvalue weighted by Crippen LogP contribution is 2.27. The Morgan fingerprint density at radius 3 is 2.79 bits per heavy atom. The van der Waals surface area contributed by atoms with Gasteiger partial charge in [0.1, 0.15) is 23.3 Å².